The van der Waals surface area contributed by atoms with E-state index in [9.17, 15) is 4.79 Å². The van der Waals surface area contributed by atoms with Crippen molar-refractivity contribution in [1.82, 2.24) is 0 Å². The number of hydrogen-bond acceptors (Lipinski definition) is 4. The number of carbonyl (C=O) groups excluding carboxylic acids is 1. The molecule has 6 nitrogen and oxygen atoms in total. The lowest BCUT2D eigenvalue weighted by Gasteiger charge is -2.31. The SMILES string of the molecule is COc1cccc(C[NH+](C)CC(=O)Nc2ccc3c(c2)OC2(CCCCC2)O3)c1. The first-order valence-corrected chi connectivity index (χ1v) is 10.3. The second kappa shape index (κ2) is 8.33. The third-order valence-corrected chi connectivity index (χ3v) is 5.54. The smallest absolute Gasteiger partial charge is 0.279 e. The van der Waals surface area contributed by atoms with E-state index in [1.54, 1.807) is 7.11 Å². The maximum Gasteiger partial charge on any atom is 0.279 e. The minimum Gasteiger partial charge on any atom is -0.497 e. The monoisotopic (exact) mass is 397 g/mol. The second-order valence-electron chi connectivity index (χ2n) is 8.05. The van der Waals surface area contributed by atoms with E-state index in [1.165, 1.54) is 6.42 Å². The van der Waals surface area contributed by atoms with Gasteiger partial charge in [0.05, 0.1) is 14.2 Å². The van der Waals surface area contributed by atoms with Crippen molar-refractivity contribution in [2.75, 3.05) is 26.0 Å². The Kier molecular flexibility index (Phi) is 5.62. The highest BCUT2D eigenvalue weighted by Crippen LogP contribution is 2.46. The van der Waals surface area contributed by atoms with Gasteiger partial charge in [0.15, 0.2) is 18.0 Å². The largest absolute Gasteiger partial charge is 0.497 e. The summed E-state index contributed by atoms with van der Waals surface area (Å²) in [7, 11) is 3.66. The number of likely N-dealkylation sites (N-methyl/N-ethyl adjacent to an activating group) is 1. The van der Waals surface area contributed by atoms with Crippen LogP contribution in [-0.2, 0) is 11.3 Å². The van der Waals surface area contributed by atoms with Gasteiger partial charge in [0.25, 0.3) is 11.7 Å². The number of hydrogen-bond donors (Lipinski definition) is 2. The van der Waals surface area contributed by atoms with Gasteiger partial charge in [0.1, 0.15) is 12.3 Å². The zero-order chi connectivity index (χ0) is 20.3. The van der Waals surface area contributed by atoms with Crippen molar-refractivity contribution >= 4 is 11.6 Å². The van der Waals surface area contributed by atoms with Gasteiger partial charge in [-0.15, -0.1) is 0 Å². The van der Waals surface area contributed by atoms with Crippen LogP contribution in [0.25, 0.3) is 0 Å². The number of fused-ring (bicyclic) bond motifs is 1. The van der Waals surface area contributed by atoms with Crippen molar-refractivity contribution in [1.29, 1.82) is 0 Å². The fourth-order valence-electron chi connectivity index (χ4n) is 4.14. The Morgan fingerprint density at radius 2 is 1.90 bits per heavy atom. The van der Waals surface area contributed by atoms with Crippen molar-refractivity contribution in [2.45, 2.75) is 44.4 Å². The second-order valence-corrected chi connectivity index (χ2v) is 8.05. The highest BCUT2D eigenvalue weighted by atomic mass is 16.7. The summed E-state index contributed by atoms with van der Waals surface area (Å²) in [5, 5.41) is 2.98. The number of nitrogens with one attached hydrogen (secondary N) is 2. The number of rotatable bonds is 6. The summed E-state index contributed by atoms with van der Waals surface area (Å²) in [6, 6.07) is 13.6. The van der Waals surface area contributed by atoms with Crippen molar-refractivity contribution in [3.05, 3.63) is 48.0 Å². The molecule has 2 N–H and O–H groups in total. The minimum atomic E-state index is -0.496. The quantitative estimate of drug-likeness (QED) is 0.787. The number of anilines is 1. The molecule has 6 heteroatoms. The molecular formula is C23H29N2O4+. The lowest BCUT2D eigenvalue weighted by Crippen LogP contribution is -3.08. The summed E-state index contributed by atoms with van der Waals surface area (Å²) >= 11 is 0. The van der Waals surface area contributed by atoms with E-state index in [1.807, 2.05) is 49.5 Å². The summed E-state index contributed by atoms with van der Waals surface area (Å²) in [4.78, 5) is 13.6. The molecule has 1 unspecified atom stereocenters. The lowest BCUT2D eigenvalue weighted by molar-refractivity contribution is -0.885. The molecule has 1 atom stereocenters. The van der Waals surface area contributed by atoms with Crippen LogP contribution in [-0.4, -0.2) is 32.4 Å². The molecule has 1 heterocycles. The molecule has 4 rings (SSSR count). The molecule has 0 saturated heterocycles. The Bertz CT molecular complexity index is 877. The highest BCUT2D eigenvalue weighted by molar-refractivity contribution is 5.91. The third kappa shape index (κ3) is 4.65. The molecule has 0 aromatic heterocycles. The van der Waals surface area contributed by atoms with Crippen LogP contribution in [0.1, 0.15) is 37.7 Å². The molecule has 1 spiro atoms. The Balaban J connectivity index is 1.33. The first kappa shape index (κ1) is 19.6. The zero-order valence-electron chi connectivity index (χ0n) is 17.1. The summed E-state index contributed by atoms with van der Waals surface area (Å²) < 4.78 is 17.5. The van der Waals surface area contributed by atoms with Gasteiger partial charge < -0.3 is 24.4 Å². The molecule has 0 radical (unpaired) electrons. The molecule has 1 aliphatic heterocycles. The normalized spacial score (nSPS) is 17.7. The first-order chi connectivity index (χ1) is 14.0. The van der Waals surface area contributed by atoms with Gasteiger partial charge in [0, 0.05) is 30.2 Å². The molecule has 2 aromatic rings. The summed E-state index contributed by atoms with van der Waals surface area (Å²) in [6.07, 6.45) is 5.32. The molecule has 1 aliphatic carbocycles. The molecule has 1 amide bonds. The van der Waals surface area contributed by atoms with Crippen LogP contribution in [0, 0.1) is 0 Å². The van der Waals surface area contributed by atoms with E-state index in [2.05, 4.69) is 5.32 Å². The Morgan fingerprint density at radius 1 is 1.10 bits per heavy atom. The van der Waals surface area contributed by atoms with Crippen LogP contribution in [0.5, 0.6) is 17.2 Å². The van der Waals surface area contributed by atoms with Gasteiger partial charge in [-0.05, 0) is 37.1 Å². The van der Waals surface area contributed by atoms with E-state index in [0.717, 1.165) is 65.6 Å². The van der Waals surface area contributed by atoms with Crippen LogP contribution in [0.2, 0.25) is 0 Å². The van der Waals surface area contributed by atoms with Crippen LogP contribution in [0.4, 0.5) is 5.69 Å². The van der Waals surface area contributed by atoms with Crippen LogP contribution in [0.3, 0.4) is 0 Å². The topological polar surface area (TPSA) is 61.2 Å². The van der Waals surface area contributed by atoms with Crippen molar-refractivity contribution in [3.8, 4) is 17.2 Å². The summed E-state index contributed by atoms with van der Waals surface area (Å²) in [5.41, 5.74) is 1.87. The Hall–Kier alpha value is -2.73. The van der Waals surface area contributed by atoms with Gasteiger partial charge in [-0.2, -0.15) is 0 Å². The molecule has 29 heavy (non-hydrogen) atoms. The standard InChI is InChI=1S/C23H28N2O4/c1-25(15-17-7-6-8-19(13-17)27-2)16-22(26)24-18-9-10-20-21(14-18)29-23(28-20)11-4-3-5-12-23/h6-10,13-14H,3-5,11-12,15-16H2,1-2H3,(H,24,26)/p+1. The van der Waals surface area contributed by atoms with E-state index in [4.69, 9.17) is 14.2 Å². The van der Waals surface area contributed by atoms with Crippen molar-refractivity contribution in [3.63, 3.8) is 0 Å². The van der Waals surface area contributed by atoms with Gasteiger partial charge >= 0.3 is 0 Å². The number of quaternary nitrogens is 1. The minimum absolute atomic E-state index is 0.0309. The van der Waals surface area contributed by atoms with Crippen LogP contribution in [0.15, 0.2) is 42.5 Å². The summed E-state index contributed by atoms with van der Waals surface area (Å²) in [5.74, 6) is 1.80. The third-order valence-electron chi connectivity index (χ3n) is 5.54. The maximum atomic E-state index is 12.5. The predicted molar refractivity (Wildman–Crippen MR) is 111 cm³/mol. The Labute approximate surface area is 171 Å². The number of carbonyl (C=O) groups is 1. The van der Waals surface area contributed by atoms with E-state index in [0.29, 0.717) is 6.54 Å². The molecule has 2 aromatic carbocycles. The van der Waals surface area contributed by atoms with E-state index in [-0.39, 0.29) is 5.91 Å². The average Bonchev–Trinajstić information content (AvgIpc) is 3.04. The molecule has 1 fully saturated rings. The highest BCUT2D eigenvalue weighted by Gasteiger charge is 2.42. The number of methoxy groups -OCH3 is 1. The van der Waals surface area contributed by atoms with E-state index >= 15 is 0 Å². The van der Waals surface area contributed by atoms with Gasteiger partial charge in [-0.1, -0.05) is 18.6 Å². The van der Waals surface area contributed by atoms with Crippen LogP contribution >= 0.6 is 0 Å². The molecule has 1 saturated carbocycles. The maximum absolute atomic E-state index is 12.5. The summed E-state index contributed by atoms with van der Waals surface area (Å²) in [6.45, 7) is 1.11. The lowest BCUT2D eigenvalue weighted by atomic mass is 9.94. The van der Waals surface area contributed by atoms with Gasteiger partial charge in [-0.3, -0.25) is 4.79 Å². The van der Waals surface area contributed by atoms with Gasteiger partial charge in [0.2, 0.25) is 0 Å². The zero-order valence-corrected chi connectivity index (χ0v) is 17.1. The van der Waals surface area contributed by atoms with E-state index < -0.39 is 5.79 Å². The van der Waals surface area contributed by atoms with Crippen molar-refractivity contribution in [2.24, 2.45) is 0 Å². The average molecular weight is 397 g/mol. The molecular weight excluding hydrogens is 368 g/mol. The predicted octanol–water partition coefficient (Wildman–Crippen LogP) is 2.78. The van der Waals surface area contributed by atoms with Gasteiger partial charge in [-0.25, -0.2) is 0 Å². The molecule has 2 aliphatic rings. The fraction of sp³-hybridized carbons (Fsp3) is 0.435. The van der Waals surface area contributed by atoms with Crippen molar-refractivity contribution < 1.29 is 23.9 Å². The Morgan fingerprint density at radius 3 is 2.69 bits per heavy atom. The first-order valence-electron chi connectivity index (χ1n) is 10.3. The molecule has 154 valence electrons. The number of amides is 1. The van der Waals surface area contributed by atoms with Crippen LogP contribution < -0.4 is 24.4 Å². The fourth-order valence-corrected chi connectivity index (χ4v) is 4.14. The number of ether oxygens (including phenoxy) is 3. The molecule has 0 bridgehead atoms. The number of benzene rings is 2.